The Kier molecular flexibility index (Phi) is 5.60. The van der Waals surface area contributed by atoms with Crippen LogP contribution in [0.3, 0.4) is 0 Å². The van der Waals surface area contributed by atoms with E-state index in [4.69, 9.17) is 9.47 Å². The van der Waals surface area contributed by atoms with E-state index in [-0.39, 0.29) is 24.5 Å². The van der Waals surface area contributed by atoms with Crippen molar-refractivity contribution in [1.82, 2.24) is 5.32 Å². The zero-order chi connectivity index (χ0) is 17.0. The number of nitrogens with one attached hydrogen (secondary N) is 2. The van der Waals surface area contributed by atoms with E-state index in [1.54, 1.807) is 13.0 Å². The van der Waals surface area contributed by atoms with E-state index in [1.807, 2.05) is 32.9 Å². The standard InChI is InChI=1S/C17H24N2O4/c1-10(2)8-22-12(4)17(21)18-11(3)13-5-6-15-14(7-13)19-16(20)9-23-15/h5-7,10-12H,8-9H2,1-4H3,(H,18,21)(H,19,20)/t11-,12-/m0/s1. The normalized spacial score (nSPS) is 16.1. The summed E-state index contributed by atoms with van der Waals surface area (Å²) in [6.07, 6.45) is -0.500. The first-order chi connectivity index (χ1) is 10.9. The van der Waals surface area contributed by atoms with Crippen LogP contribution in [-0.4, -0.2) is 31.1 Å². The molecule has 126 valence electrons. The number of hydrogen-bond acceptors (Lipinski definition) is 4. The second-order valence-corrected chi connectivity index (χ2v) is 6.19. The van der Waals surface area contributed by atoms with Crippen molar-refractivity contribution in [2.45, 2.75) is 39.8 Å². The third-order valence-electron chi connectivity index (χ3n) is 3.54. The summed E-state index contributed by atoms with van der Waals surface area (Å²) in [5.41, 5.74) is 1.52. The van der Waals surface area contributed by atoms with Gasteiger partial charge in [0.15, 0.2) is 6.61 Å². The van der Waals surface area contributed by atoms with Crippen LogP contribution in [0.5, 0.6) is 5.75 Å². The average molecular weight is 320 g/mol. The largest absolute Gasteiger partial charge is 0.482 e. The lowest BCUT2D eigenvalue weighted by atomic mass is 10.1. The molecule has 2 atom stereocenters. The van der Waals surface area contributed by atoms with Gasteiger partial charge in [0.2, 0.25) is 5.91 Å². The molecule has 0 aromatic heterocycles. The maximum absolute atomic E-state index is 12.1. The average Bonchev–Trinajstić information content (AvgIpc) is 2.51. The van der Waals surface area contributed by atoms with Crippen molar-refractivity contribution in [3.05, 3.63) is 23.8 Å². The SMILES string of the molecule is CC(C)CO[C@@H](C)C(=O)N[C@@H](C)c1ccc2c(c1)NC(=O)CO2. The van der Waals surface area contributed by atoms with Gasteiger partial charge in [0.25, 0.3) is 5.91 Å². The molecule has 2 rings (SSSR count). The molecule has 0 aliphatic carbocycles. The van der Waals surface area contributed by atoms with Crippen molar-refractivity contribution in [3.63, 3.8) is 0 Å². The molecule has 0 saturated carbocycles. The highest BCUT2D eigenvalue weighted by Gasteiger charge is 2.20. The second-order valence-electron chi connectivity index (χ2n) is 6.19. The fourth-order valence-corrected chi connectivity index (χ4v) is 2.20. The lowest BCUT2D eigenvalue weighted by Gasteiger charge is -2.22. The van der Waals surface area contributed by atoms with E-state index in [9.17, 15) is 9.59 Å². The zero-order valence-corrected chi connectivity index (χ0v) is 14.0. The highest BCUT2D eigenvalue weighted by atomic mass is 16.5. The van der Waals surface area contributed by atoms with E-state index in [2.05, 4.69) is 10.6 Å². The Morgan fingerprint density at radius 1 is 1.35 bits per heavy atom. The number of carbonyl (C=O) groups is 2. The summed E-state index contributed by atoms with van der Waals surface area (Å²) in [5, 5.41) is 5.68. The quantitative estimate of drug-likeness (QED) is 0.843. The molecule has 0 saturated heterocycles. The molecule has 1 aliphatic rings. The van der Waals surface area contributed by atoms with Crippen molar-refractivity contribution in [3.8, 4) is 5.75 Å². The summed E-state index contributed by atoms with van der Waals surface area (Å²) < 4.78 is 10.8. The summed E-state index contributed by atoms with van der Waals surface area (Å²) in [6.45, 7) is 8.29. The summed E-state index contributed by atoms with van der Waals surface area (Å²) in [4.78, 5) is 23.5. The number of carbonyl (C=O) groups excluding carboxylic acids is 2. The third-order valence-corrected chi connectivity index (χ3v) is 3.54. The van der Waals surface area contributed by atoms with Crippen LogP contribution in [0.2, 0.25) is 0 Å². The number of rotatable bonds is 6. The molecule has 2 N–H and O–H groups in total. The molecule has 2 amide bonds. The summed E-state index contributed by atoms with van der Waals surface area (Å²) in [5.74, 6) is 0.686. The Morgan fingerprint density at radius 3 is 2.78 bits per heavy atom. The summed E-state index contributed by atoms with van der Waals surface area (Å²) in [6, 6.07) is 5.29. The lowest BCUT2D eigenvalue weighted by molar-refractivity contribution is -0.133. The van der Waals surface area contributed by atoms with Gasteiger partial charge in [-0.15, -0.1) is 0 Å². The van der Waals surface area contributed by atoms with Crippen LogP contribution in [0.1, 0.15) is 39.3 Å². The number of amides is 2. The fourth-order valence-electron chi connectivity index (χ4n) is 2.20. The number of ether oxygens (including phenoxy) is 2. The molecule has 1 heterocycles. The van der Waals surface area contributed by atoms with Gasteiger partial charge in [-0.3, -0.25) is 9.59 Å². The zero-order valence-electron chi connectivity index (χ0n) is 14.0. The van der Waals surface area contributed by atoms with Crippen LogP contribution in [0.4, 0.5) is 5.69 Å². The summed E-state index contributed by atoms with van der Waals surface area (Å²) >= 11 is 0. The summed E-state index contributed by atoms with van der Waals surface area (Å²) in [7, 11) is 0. The van der Waals surface area contributed by atoms with Gasteiger partial charge in [-0.2, -0.15) is 0 Å². The number of hydrogen-bond donors (Lipinski definition) is 2. The Hall–Kier alpha value is -2.08. The third kappa shape index (κ3) is 4.69. The maximum atomic E-state index is 12.1. The van der Waals surface area contributed by atoms with Gasteiger partial charge in [0, 0.05) is 6.61 Å². The predicted octanol–water partition coefficient (Wildman–Crippen LogP) is 2.26. The number of anilines is 1. The van der Waals surface area contributed by atoms with Gasteiger partial charge in [-0.25, -0.2) is 0 Å². The minimum atomic E-state index is -0.500. The van der Waals surface area contributed by atoms with Gasteiger partial charge in [-0.05, 0) is 37.5 Å². The first-order valence-electron chi connectivity index (χ1n) is 7.85. The Balaban J connectivity index is 1.97. The van der Waals surface area contributed by atoms with Gasteiger partial charge < -0.3 is 20.1 Å². The van der Waals surface area contributed by atoms with E-state index in [0.29, 0.717) is 24.0 Å². The molecule has 1 aromatic carbocycles. The molecule has 6 nitrogen and oxygen atoms in total. The van der Waals surface area contributed by atoms with Crippen molar-refractivity contribution >= 4 is 17.5 Å². The van der Waals surface area contributed by atoms with Crippen molar-refractivity contribution in [1.29, 1.82) is 0 Å². The van der Waals surface area contributed by atoms with Crippen LogP contribution < -0.4 is 15.4 Å². The smallest absolute Gasteiger partial charge is 0.262 e. The number of fused-ring (bicyclic) bond motifs is 1. The van der Waals surface area contributed by atoms with Crippen molar-refractivity contribution in [2.75, 3.05) is 18.5 Å². The molecule has 23 heavy (non-hydrogen) atoms. The van der Waals surface area contributed by atoms with Gasteiger partial charge in [0.05, 0.1) is 11.7 Å². The highest BCUT2D eigenvalue weighted by molar-refractivity contribution is 5.95. The predicted molar refractivity (Wildman–Crippen MR) is 87.4 cm³/mol. The van der Waals surface area contributed by atoms with Gasteiger partial charge in [0.1, 0.15) is 11.9 Å². The van der Waals surface area contributed by atoms with Gasteiger partial charge in [-0.1, -0.05) is 19.9 Å². The first kappa shape index (κ1) is 17.3. The molecular weight excluding hydrogens is 296 g/mol. The van der Waals surface area contributed by atoms with E-state index in [0.717, 1.165) is 5.56 Å². The van der Waals surface area contributed by atoms with Crippen molar-refractivity contribution in [2.24, 2.45) is 5.92 Å². The minimum Gasteiger partial charge on any atom is -0.482 e. The maximum Gasteiger partial charge on any atom is 0.262 e. The van der Waals surface area contributed by atoms with Crippen LogP contribution in [-0.2, 0) is 14.3 Å². The van der Waals surface area contributed by atoms with Crippen LogP contribution in [0, 0.1) is 5.92 Å². The fraction of sp³-hybridized carbons (Fsp3) is 0.529. The molecule has 1 aromatic rings. The monoisotopic (exact) mass is 320 g/mol. The molecule has 0 spiro atoms. The molecule has 0 unspecified atom stereocenters. The first-order valence-corrected chi connectivity index (χ1v) is 7.85. The van der Waals surface area contributed by atoms with Crippen LogP contribution in [0.25, 0.3) is 0 Å². The Bertz CT molecular complexity index is 586. The highest BCUT2D eigenvalue weighted by Crippen LogP contribution is 2.30. The molecule has 0 radical (unpaired) electrons. The Morgan fingerprint density at radius 2 is 2.09 bits per heavy atom. The Labute approximate surface area is 136 Å². The molecule has 1 aliphatic heterocycles. The molecular formula is C17H24N2O4. The van der Waals surface area contributed by atoms with Crippen LogP contribution in [0.15, 0.2) is 18.2 Å². The van der Waals surface area contributed by atoms with Crippen molar-refractivity contribution < 1.29 is 19.1 Å². The molecule has 0 bridgehead atoms. The minimum absolute atomic E-state index is 0.0311. The van der Waals surface area contributed by atoms with E-state index < -0.39 is 6.10 Å². The second kappa shape index (κ2) is 7.46. The van der Waals surface area contributed by atoms with E-state index in [1.165, 1.54) is 0 Å². The lowest BCUT2D eigenvalue weighted by Crippen LogP contribution is -2.36. The molecule has 6 heteroatoms. The van der Waals surface area contributed by atoms with Gasteiger partial charge >= 0.3 is 0 Å². The number of benzene rings is 1. The molecule has 0 fully saturated rings. The van der Waals surface area contributed by atoms with Crippen LogP contribution >= 0.6 is 0 Å². The van der Waals surface area contributed by atoms with E-state index >= 15 is 0 Å². The topological polar surface area (TPSA) is 76.7 Å².